The van der Waals surface area contributed by atoms with Crippen LogP contribution in [0.4, 0.5) is 0 Å². The predicted molar refractivity (Wildman–Crippen MR) is 84.7 cm³/mol. The lowest BCUT2D eigenvalue weighted by atomic mass is 10.1. The van der Waals surface area contributed by atoms with Crippen molar-refractivity contribution in [2.75, 3.05) is 0 Å². The van der Waals surface area contributed by atoms with E-state index in [1.165, 1.54) is 37.8 Å². The van der Waals surface area contributed by atoms with Crippen molar-refractivity contribution in [3.8, 4) is 0 Å². The van der Waals surface area contributed by atoms with Crippen LogP contribution in [-0.4, -0.2) is 18.8 Å². The lowest BCUT2D eigenvalue weighted by molar-refractivity contribution is -0.142. The van der Waals surface area contributed by atoms with Gasteiger partial charge in [-0.1, -0.05) is 45.4 Å². The second-order valence-electron chi connectivity index (χ2n) is 5.48. The highest BCUT2D eigenvalue weighted by Gasteiger charge is 2.14. The molecule has 18 heavy (non-hydrogen) atoms. The van der Waals surface area contributed by atoms with Gasteiger partial charge in [0.25, 0.3) is 0 Å². The average Bonchev–Trinajstić information content (AvgIpc) is 2.26. The van der Waals surface area contributed by atoms with Gasteiger partial charge in [0, 0.05) is 6.08 Å². The topological polar surface area (TPSA) is 26.3 Å². The fourth-order valence-corrected chi connectivity index (χ4v) is 3.74. The van der Waals surface area contributed by atoms with Crippen molar-refractivity contribution in [2.45, 2.75) is 70.7 Å². The first kappa shape index (κ1) is 17.9. The average molecular weight is 335 g/mol. The van der Waals surface area contributed by atoms with Crippen LogP contribution in [0.15, 0.2) is 12.7 Å². The fraction of sp³-hybridized carbons (Fsp3) is 0.786. The van der Waals surface area contributed by atoms with Crippen molar-refractivity contribution < 1.29 is 9.53 Å². The number of ether oxygens (including phenoxy) is 1. The lowest BCUT2D eigenvalue weighted by Gasteiger charge is -2.13. The molecule has 0 aliphatic rings. The molecular weight excluding hydrogens is 308 g/mol. The molecule has 0 radical (unpaired) electrons. The summed E-state index contributed by atoms with van der Waals surface area (Å²) in [5.41, 5.74) is 0. The van der Waals surface area contributed by atoms with Crippen LogP contribution in [0, 0.1) is 0 Å². The van der Waals surface area contributed by atoms with Crippen LogP contribution in [0.3, 0.4) is 0 Å². The summed E-state index contributed by atoms with van der Waals surface area (Å²) in [7, 11) is 0. The Hall–Kier alpha value is -0.0931. The highest BCUT2D eigenvalue weighted by Crippen LogP contribution is 2.21. The number of esters is 1. The Morgan fingerprint density at radius 3 is 2.39 bits per heavy atom. The number of halogens is 1. The summed E-state index contributed by atoms with van der Waals surface area (Å²) >= 11 is 3.79. The molecule has 0 aromatic carbocycles. The van der Waals surface area contributed by atoms with Crippen molar-refractivity contribution in [2.24, 2.45) is 0 Å². The summed E-state index contributed by atoms with van der Waals surface area (Å²) in [5, 5.41) is 0. The van der Waals surface area contributed by atoms with Gasteiger partial charge in [0.05, 0.1) is 6.10 Å². The fourth-order valence-electron chi connectivity index (χ4n) is 1.81. The van der Waals surface area contributed by atoms with E-state index < -0.39 is 6.69 Å². The lowest BCUT2D eigenvalue weighted by Crippen LogP contribution is -2.14. The normalized spacial score (nSPS) is 13.1. The molecule has 0 aromatic rings. The molecular formula is C14H27BrO2Si. The molecule has 0 saturated carbocycles. The third-order valence-electron chi connectivity index (χ3n) is 2.87. The first-order valence-electron chi connectivity index (χ1n) is 6.87. The summed E-state index contributed by atoms with van der Waals surface area (Å²) in [5.74, 6) is -0.313. The molecule has 0 spiro atoms. The molecule has 0 saturated heterocycles. The van der Waals surface area contributed by atoms with E-state index in [-0.39, 0.29) is 12.1 Å². The summed E-state index contributed by atoms with van der Waals surface area (Å²) in [4.78, 5) is 10.9. The Morgan fingerprint density at radius 1 is 1.28 bits per heavy atom. The summed E-state index contributed by atoms with van der Waals surface area (Å²) in [6.07, 6.45) is 8.53. The van der Waals surface area contributed by atoms with Crippen LogP contribution in [0.25, 0.3) is 0 Å². The number of hydrogen-bond donors (Lipinski definition) is 0. The molecule has 0 aromatic heterocycles. The van der Waals surface area contributed by atoms with Gasteiger partial charge in [0.15, 0.2) is 0 Å². The SMILES string of the molecule is C=CC(=O)OC(C)CCCCCCC[Si](C)(C)Br. The Balaban J connectivity index is 3.35. The van der Waals surface area contributed by atoms with Crippen molar-refractivity contribution in [3.63, 3.8) is 0 Å². The van der Waals surface area contributed by atoms with Crippen molar-refractivity contribution in [1.82, 2.24) is 0 Å². The predicted octanol–water partition coefficient (Wildman–Crippen LogP) is 5.04. The molecule has 1 atom stereocenters. The largest absolute Gasteiger partial charge is 0.460 e. The molecule has 1 unspecified atom stereocenters. The molecule has 0 N–H and O–H groups in total. The van der Waals surface area contributed by atoms with Gasteiger partial charge in [-0.25, -0.2) is 4.79 Å². The highest BCUT2D eigenvalue weighted by molar-refractivity contribution is 9.26. The zero-order chi connectivity index (χ0) is 14.0. The molecule has 0 aliphatic carbocycles. The highest BCUT2D eigenvalue weighted by atomic mass is 79.9. The van der Waals surface area contributed by atoms with Crippen LogP contribution >= 0.6 is 15.3 Å². The molecule has 0 heterocycles. The van der Waals surface area contributed by atoms with Crippen molar-refractivity contribution >= 4 is 28.0 Å². The Morgan fingerprint density at radius 2 is 1.83 bits per heavy atom. The summed E-state index contributed by atoms with van der Waals surface area (Å²) in [6, 6.07) is 1.36. The summed E-state index contributed by atoms with van der Waals surface area (Å²) in [6.45, 7) is 9.01. The maximum Gasteiger partial charge on any atom is 0.330 e. The van der Waals surface area contributed by atoms with E-state index in [4.69, 9.17) is 4.74 Å². The summed E-state index contributed by atoms with van der Waals surface area (Å²) < 4.78 is 5.11. The number of rotatable bonds is 10. The standard InChI is InChI=1S/C14H27BrO2Si/c1-5-14(16)17-13(2)11-9-7-6-8-10-12-18(3,4)15/h5,13H,1,6-12H2,2-4H3. The maximum absolute atomic E-state index is 10.9. The second kappa shape index (κ2) is 9.79. The van der Waals surface area contributed by atoms with Gasteiger partial charge in [-0.15, -0.1) is 15.3 Å². The zero-order valence-electron chi connectivity index (χ0n) is 12.0. The van der Waals surface area contributed by atoms with Crippen LogP contribution in [0.5, 0.6) is 0 Å². The van der Waals surface area contributed by atoms with Gasteiger partial charge < -0.3 is 4.74 Å². The Labute approximate surface area is 121 Å². The molecule has 0 rings (SSSR count). The van der Waals surface area contributed by atoms with E-state index in [1.807, 2.05) is 6.92 Å². The number of carbonyl (C=O) groups is 1. The Kier molecular flexibility index (Phi) is 9.74. The minimum Gasteiger partial charge on any atom is -0.460 e. The van der Waals surface area contributed by atoms with Crippen molar-refractivity contribution in [3.05, 3.63) is 12.7 Å². The molecule has 0 aliphatic heterocycles. The third kappa shape index (κ3) is 12.4. The van der Waals surface area contributed by atoms with Crippen LogP contribution < -0.4 is 0 Å². The molecule has 4 heteroatoms. The minimum atomic E-state index is -1.02. The molecule has 2 nitrogen and oxygen atoms in total. The first-order valence-corrected chi connectivity index (χ1v) is 12.3. The van der Waals surface area contributed by atoms with Gasteiger partial charge in [-0.3, -0.25) is 0 Å². The third-order valence-corrected chi connectivity index (χ3v) is 5.60. The molecule has 0 bridgehead atoms. The molecule has 0 amide bonds. The van der Waals surface area contributed by atoms with Gasteiger partial charge in [0.1, 0.15) is 6.69 Å². The van der Waals surface area contributed by atoms with E-state index in [1.54, 1.807) is 0 Å². The van der Waals surface area contributed by atoms with E-state index in [9.17, 15) is 4.79 Å². The zero-order valence-corrected chi connectivity index (χ0v) is 14.6. The van der Waals surface area contributed by atoms with Gasteiger partial charge in [-0.2, -0.15) is 0 Å². The number of hydrogen-bond acceptors (Lipinski definition) is 2. The van der Waals surface area contributed by atoms with Gasteiger partial charge >= 0.3 is 5.97 Å². The van der Waals surface area contributed by atoms with E-state index in [0.29, 0.717) is 0 Å². The minimum absolute atomic E-state index is 0.0179. The maximum atomic E-state index is 10.9. The van der Waals surface area contributed by atoms with Crippen LogP contribution in [-0.2, 0) is 9.53 Å². The van der Waals surface area contributed by atoms with Gasteiger partial charge in [0.2, 0.25) is 0 Å². The Bertz CT molecular complexity index is 249. The van der Waals surface area contributed by atoms with E-state index in [0.717, 1.165) is 12.8 Å². The molecule has 0 fully saturated rings. The smallest absolute Gasteiger partial charge is 0.330 e. The first-order chi connectivity index (χ1) is 8.35. The van der Waals surface area contributed by atoms with Crippen LogP contribution in [0.1, 0.15) is 45.4 Å². The quantitative estimate of drug-likeness (QED) is 0.184. The second-order valence-corrected chi connectivity index (χ2v) is 15.9. The van der Waals surface area contributed by atoms with E-state index in [2.05, 4.69) is 35.0 Å². The van der Waals surface area contributed by atoms with Crippen LogP contribution in [0.2, 0.25) is 19.1 Å². The monoisotopic (exact) mass is 334 g/mol. The number of unbranched alkanes of at least 4 members (excludes halogenated alkanes) is 4. The molecule has 106 valence electrons. The van der Waals surface area contributed by atoms with E-state index >= 15 is 0 Å². The van der Waals surface area contributed by atoms with Crippen molar-refractivity contribution in [1.29, 1.82) is 0 Å². The van der Waals surface area contributed by atoms with Gasteiger partial charge in [-0.05, 0) is 25.8 Å². The number of carbonyl (C=O) groups excluding carboxylic acids is 1.